The number of hydrogen-bond acceptors (Lipinski definition) is 5. The molecular weight excluding hydrogens is 441 g/mol. The molecule has 2 aromatic rings. The molecule has 8 nitrogen and oxygen atoms in total. The summed E-state index contributed by atoms with van der Waals surface area (Å²) in [6, 6.07) is 10.7. The minimum atomic E-state index is -0.564. The molecular formula is C25H28FN3O5. The van der Waals surface area contributed by atoms with Crippen LogP contribution in [0.4, 0.5) is 20.6 Å². The van der Waals surface area contributed by atoms with Crippen molar-refractivity contribution < 1.29 is 28.6 Å². The van der Waals surface area contributed by atoms with Gasteiger partial charge in [-0.25, -0.2) is 9.18 Å². The lowest BCUT2D eigenvalue weighted by Crippen LogP contribution is -2.47. The first-order valence-corrected chi connectivity index (χ1v) is 11.7. The number of carbonyl (C=O) groups is 2. The van der Waals surface area contributed by atoms with E-state index in [-0.39, 0.29) is 42.7 Å². The minimum Gasteiger partial charge on any atom is -0.487 e. The van der Waals surface area contributed by atoms with E-state index in [1.807, 2.05) is 6.07 Å². The maximum atomic E-state index is 13.8. The van der Waals surface area contributed by atoms with E-state index in [4.69, 9.17) is 9.47 Å². The number of hydrogen-bond donors (Lipinski definition) is 4. The van der Waals surface area contributed by atoms with Gasteiger partial charge in [-0.15, -0.1) is 0 Å². The van der Waals surface area contributed by atoms with Crippen LogP contribution in [0, 0.1) is 11.7 Å². The Kier molecular flexibility index (Phi) is 6.38. The Hall–Kier alpha value is -3.17. The lowest BCUT2D eigenvalue weighted by Gasteiger charge is -2.37. The number of nitrogens with one attached hydrogen (secondary N) is 3. The summed E-state index contributed by atoms with van der Waals surface area (Å²) in [5.74, 6) is 0.607. The highest BCUT2D eigenvalue weighted by molar-refractivity contribution is 5.99. The lowest BCUT2D eigenvalue weighted by molar-refractivity contribution is -0.142. The van der Waals surface area contributed by atoms with Crippen molar-refractivity contribution in [1.82, 2.24) is 5.32 Å². The van der Waals surface area contributed by atoms with Crippen LogP contribution in [0.5, 0.6) is 5.75 Å². The summed E-state index contributed by atoms with van der Waals surface area (Å²) in [5, 5.41) is 18.1. The van der Waals surface area contributed by atoms with E-state index in [1.54, 1.807) is 24.3 Å². The van der Waals surface area contributed by atoms with E-state index in [0.717, 1.165) is 5.56 Å². The number of carbonyl (C=O) groups excluding carboxylic acids is 2. The van der Waals surface area contributed by atoms with Crippen molar-refractivity contribution in [2.45, 2.75) is 49.9 Å². The molecule has 4 atom stereocenters. The molecule has 1 saturated heterocycles. The van der Waals surface area contributed by atoms with E-state index in [0.29, 0.717) is 30.3 Å². The molecule has 3 aliphatic rings. The Bertz CT molecular complexity index is 1080. The molecule has 0 radical (unpaired) electrons. The molecule has 2 aromatic carbocycles. The second-order valence-corrected chi connectivity index (χ2v) is 9.17. The molecule has 34 heavy (non-hydrogen) atoms. The summed E-state index contributed by atoms with van der Waals surface area (Å²) in [7, 11) is 0. The van der Waals surface area contributed by atoms with Gasteiger partial charge in [0.1, 0.15) is 23.8 Å². The quantitative estimate of drug-likeness (QED) is 0.497. The normalized spacial score (nSPS) is 25.0. The molecule has 0 bridgehead atoms. The number of aliphatic hydroxyl groups is 1. The van der Waals surface area contributed by atoms with Crippen molar-refractivity contribution >= 4 is 23.3 Å². The Labute approximate surface area is 196 Å². The molecule has 4 N–H and O–H groups in total. The van der Waals surface area contributed by atoms with Crippen molar-refractivity contribution in [2.24, 2.45) is 5.92 Å². The largest absolute Gasteiger partial charge is 0.487 e. The Morgan fingerprint density at radius 3 is 2.71 bits per heavy atom. The third kappa shape index (κ3) is 5.00. The lowest BCUT2D eigenvalue weighted by atomic mass is 9.84. The van der Waals surface area contributed by atoms with Crippen molar-refractivity contribution in [2.75, 3.05) is 23.8 Å². The molecule has 2 heterocycles. The molecule has 3 amide bonds. The van der Waals surface area contributed by atoms with Crippen molar-refractivity contribution in [3.05, 3.63) is 53.8 Å². The Morgan fingerprint density at radius 1 is 1.12 bits per heavy atom. The first-order chi connectivity index (χ1) is 16.5. The number of urea groups is 1. The molecule has 1 saturated carbocycles. The summed E-state index contributed by atoms with van der Waals surface area (Å²) in [4.78, 5) is 24.7. The van der Waals surface area contributed by atoms with Gasteiger partial charge in [-0.05, 0) is 55.5 Å². The van der Waals surface area contributed by atoms with E-state index in [1.165, 1.54) is 25.0 Å². The minimum absolute atomic E-state index is 0.0496. The average Bonchev–Trinajstić information content (AvgIpc) is 3.59. The van der Waals surface area contributed by atoms with Gasteiger partial charge in [0, 0.05) is 23.7 Å². The highest BCUT2D eigenvalue weighted by atomic mass is 19.1. The van der Waals surface area contributed by atoms with Gasteiger partial charge >= 0.3 is 6.03 Å². The number of aliphatic hydroxyl groups excluding tert-OH is 1. The first-order valence-electron chi connectivity index (χ1n) is 11.7. The van der Waals surface area contributed by atoms with Gasteiger partial charge in [-0.3, -0.25) is 4.79 Å². The van der Waals surface area contributed by atoms with Crippen LogP contribution < -0.4 is 20.7 Å². The highest BCUT2D eigenvalue weighted by Crippen LogP contribution is 2.47. The fraction of sp³-hybridized carbons (Fsp3) is 0.440. The topological polar surface area (TPSA) is 109 Å². The van der Waals surface area contributed by atoms with Crippen LogP contribution in [-0.2, 0) is 9.53 Å². The summed E-state index contributed by atoms with van der Waals surface area (Å²) >= 11 is 0. The molecule has 180 valence electrons. The molecule has 0 spiro atoms. The zero-order chi connectivity index (χ0) is 23.7. The molecule has 9 heteroatoms. The SMILES string of the molecule is O=C(C[C@@H]1C[C@H]2c3cc(NC(=O)Nc4ccccc4F)ccc3O[C@H]2[C@@H](CO)O1)NCC1CC1. The van der Waals surface area contributed by atoms with Crippen LogP contribution in [0.2, 0.25) is 0 Å². The van der Waals surface area contributed by atoms with Crippen molar-refractivity contribution in [1.29, 1.82) is 0 Å². The van der Waals surface area contributed by atoms with E-state index < -0.39 is 18.0 Å². The van der Waals surface area contributed by atoms with Gasteiger partial charge in [-0.2, -0.15) is 0 Å². The number of anilines is 2. The number of fused-ring (bicyclic) bond motifs is 3. The fourth-order valence-electron chi connectivity index (χ4n) is 4.67. The summed E-state index contributed by atoms with van der Waals surface area (Å²) in [6.45, 7) is 0.489. The third-order valence-electron chi connectivity index (χ3n) is 6.58. The molecule has 0 aromatic heterocycles. The number of para-hydroxylation sites is 1. The summed E-state index contributed by atoms with van der Waals surface area (Å²) in [6.07, 6.45) is 1.87. The van der Waals surface area contributed by atoms with Crippen molar-refractivity contribution in [3.63, 3.8) is 0 Å². The number of ether oxygens (including phenoxy) is 2. The fourth-order valence-corrected chi connectivity index (χ4v) is 4.67. The molecule has 0 unspecified atom stereocenters. The number of halogens is 1. The average molecular weight is 470 g/mol. The van der Waals surface area contributed by atoms with Gasteiger partial charge in [0.25, 0.3) is 0 Å². The zero-order valence-electron chi connectivity index (χ0n) is 18.6. The molecule has 2 aliphatic heterocycles. The van der Waals surface area contributed by atoms with Gasteiger partial charge in [0.15, 0.2) is 0 Å². The maximum absolute atomic E-state index is 13.8. The van der Waals surface area contributed by atoms with Crippen LogP contribution >= 0.6 is 0 Å². The smallest absolute Gasteiger partial charge is 0.323 e. The van der Waals surface area contributed by atoms with Crippen molar-refractivity contribution in [3.8, 4) is 5.75 Å². The van der Waals surface area contributed by atoms with E-state index >= 15 is 0 Å². The second kappa shape index (κ2) is 9.60. The van der Waals surface area contributed by atoms with E-state index in [2.05, 4.69) is 16.0 Å². The Morgan fingerprint density at radius 2 is 1.94 bits per heavy atom. The molecule has 2 fully saturated rings. The Balaban J connectivity index is 1.26. The third-order valence-corrected chi connectivity index (χ3v) is 6.58. The van der Waals surface area contributed by atoms with E-state index in [9.17, 15) is 19.1 Å². The van der Waals surface area contributed by atoms with Crippen LogP contribution in [0.3, 0.4) is 0 Å². The van der Waals surface area contributed by atoms with Crippen LogP contribution in [0.25, 0.3) is 0 Å². The summed E-state index contributed by atoms with van der Waals surface area (Å²) < 4.78 is 25.9. The van der Waals surface area contributed by atoms with Crippen LogP contribution in [0.15, 0.2) is 42.5 Å². The van der Waals surface area contributed by atoms with Gasteiger partial charge in [0.05, 0.1) is 24.8 Å². The predicted octanol–water partition coefficient (Wildman–Crippen LogP) is 3.38. The number of rotatable bonds is 7. The monoisotopic (exact) mass is 469 g/mol. The standard InChI is InChI=1S/C25H28FN3O5/c26-19-3-1-2-4-20(19)29-25(32)28-15-7-8-21-17(9-15)18-10-16(33-22(13-30)24(18)34-21)11-23(31)27-12-14-5-6-14/h1-4,7-9,14,16,18,22,24,30H,5-6,10-13H2,(H,27,31)(H2,28,29,32)/t16-,18-,22+,24+/m0/s1. The second-order valence-electron chi connectivity index (χ2n) is 9.17. The zero-order valence-corrected chi connectivity index (χ0v) is 18.6. The van der Waals surface area contributed by atoms with Gasteiger partial charge < -0.3 is 30.5 Å². The maximum Gasteiger partial charge on any atom is 0.323 e. The number of amides is 3. The molecule has 1 aliphatic carbocycles. The molecule has 5 rings (SSSR count). The van der Waals surface area contributed by atoms with Crippen LogP contribution in [-0.4, -0.2) is 48.5 Å². The van der Waals surface area contributed by atoms with Gasteiger partial charge in [0.2, 0.25) is 5.91 Å². The summed E-state index contributed by atoms with van der Waals surface area (Å²) in [5.41, 5.74) is 1.50. The van der Waals surface area contributed by atoms with Gasteiger partial charge in [-0.1, -0.05) is 12.1 Å². The highest BCUT2D eigenvalue weighted by Gasteiger charge is 2.46. The number of benzene rings is 2. The predicted molar refractivity (Wildman–Crippen MR) is 123 cm³/mol. The van der Waals surface area contributed by atoms with Crippen LogP contribution in [0.1, 0.15) is 37.2 Å². The first kappa shape index (κ1) is 22.6.